The molecule has 3 rings (SSSR count). The number of hydrogen-bond donors (Lipinski definition) is 2. The SMILES string of the molecule is CCCCCCOc1ccc(NC(=O)c2cc(Cl)ccc2NS(=O)(=O)c2ccc(Cl)cc2)cc1. The Morgan fingerprint density at radius 2 is 1.56 bits per heavy atom. The van der Waals surface area contributed by atoms with Crippen molar-refractivity contribution in [3.05, 3.63) is 82.3 Å². The minimum absolute atomic E-state index is 0.0171. The van der Waals surface area contributed by atoms with Gasteiger partial charge in [0.15, 0.2) is 0 Å². The molecule has 0 heterocycles. The lowest BCUT2D eigenvalue weighted by atomic mass is 10.1. The predicted molar refractivity (Wildman–Crippen MR) is 138 cm³/mol. The van der Waals surface area contributed by atoms with E-state index in [2.05, 4.69) is 17.0 Å². The number of carbonyl (C=O) groups is 1. The van der Waals surface area contributed by atoms with E-state index in [1.54, 1.807) is 24.3 Å². The number of benzene rings is 3. The molecule has 0 saturated carbocycles. The van der Waals surface area contributed by atoms with Crippen molar-refractivity contribution < 1.29 is 17.9 Å². The number of amides is 1. The monoisotopic (exact) mass is 520 g/mol. The van der Waals surface area contributed by atoms with Gasteiger partial charge >= 0.3 is 0 Å². The number of rotatable bonds is 11. The summed E-state index contributed by atoms with van der Waals surface area (Å²) in [6.45, 7) is 2.81. The fraction of sp³-hybridized carbons (Fsp3) is 0.240. The summed E-state index contributed by atoms with van der Waals surface area (Å²) >= 11 is 11.9. The maximum absolute atomic E-state index is 13.0. The minimum atomic E-state index is -3.94. The Kier molecular flexibility index (Phi) is 9.21. The van der Waals surface area contributed by atoms with Gasteiger partial charge in [0.2, 0.25) is 0 Å². The molecular formula is C25H26Cl2N2O4S. The van der Waals surface area contributed by atoms with Crippen molar-refractivity contribution in [1.29, 1.82) is 0 Å². The highest BCUT2D eigenvalue weighted by Gasteiger charge is 2.19. The summed E-state index contributed by atoms with van der Waals surface area (Å²) in [6, 6.07) is 17.1. The topological polar surface area (TPSA) is 84.5 Å². The number of halogens is 2. The zero-order valence-electron chi connectivity index (χ0n) is 18.7. The normalized spacial score (nSPS) is 11.1. The molecule has 3 aromatic carbocycles. The molecule has 0 radical (unpaired) electrons. The lowest BCUT2D eigenvalue weighted by molar-refractivity contribution is 0.102. The van der Waals surface area contributed by atoms with E-state index in [0.717, 1.165) is 12.8 Å². The number of anilines is 2. The molecule has 180 valence electrons. The molecule has 0 unspecified atom stereocenters. The second kappa shape index (κ2) is 12.1. The zero-order chi connectivity index (χ0) is 24.6. The van der Waals surface area contributed by atoms with Crippen LogP contribution < -0.4 is 14.8 Å². The van der Waals surface area contributed by atoms with E-state index in [4.69, 9.17) is 27.9 Å². The molecule has 1 amide bonds. The van der Waals surface area contributed by atoms with Crippen LogP contribution in [0.4, 0.5) is 11.4 Å². The Bertz CT molecular complexity index is 1210. The van der Waals surface area contributed by atoms with Crippen LogP contribution in [0.2, 0.25) is 10.0 Å². The average molecular weight is 521 g/mol. The maximum Gasteiger partial charge on any atom is 0.261 e. The van der Waals surface area contributed by atoms with E-state index in [0.29, 0.717) is 28.1 Å². The molecule has 9 heteroatoms. The molecule has 2 N–H and O–H groups in total. The highest BCUT2D eigenvalue weighted by Crippen LogP contribution is 2.26. The second-order valence-corrected chi connectivity index (χ2v) is 10.2. The van der Waals surface area contributed by atoms with Crippen molar-refractivity contribution in [2.24, 2.45) is 0 Å². The second-order valence-electron chi connectivity index (χ2n) is 7.64. The Morgan fingerprint density at radius 1 is 0.882 bits per heavy atom. The zero-order valence-corrected chi connectivity index (χ0v) is 21.0. The molecule has 34 heavy (non-hydrogen) atoms. The number of unbranched alkanes of at least 4 members (excludes halogenated alkanes) is 3. The number of ether oxygens (including phenoxy) is 1. The first kappa shape index (κ1) is 25.9. The van der Waals surface area contributed by atoms with Crippen LogP contribution in [0.3, 0.4) is 0 Å². The lowest BCUT2D eigenvalue weighted by Gasteiger charge is -2.14. The standard InChI is InChI=1S/C25H26Cl2N2O4S/c1-2-3-4-5-16-33-21-11-9-20(10-12-21)28-25(30)23-17-19(27)8-15-24(23)29-34(31,32)22-13-6-18(26)7-14-22/h6-15,17,29H,2-5,16H2,1H3,(H,28,30). The van der Waals surface area contributed by atoms with Crippen LogP contribution in [0.25, 0.3) is 0 Å². The van der Waals surface area contributed by atoms with E-state index in [1.807, 2.05) is 0 Å². The molecule has 0 fully saturated rings. The third-order valence-electron chi connectivity index (χ3n) is 4.97. The molecule has 0 aliphatic carbocycles. The van der Waals surface area contributed by atoms with Gasteiger partial charge in [-0.3, -0.25) is 9.52 Å². The van der Waals surface area contributed by atoms with E-state index in [9.17, 15) is 13.2 Å². The van der Waals surface area contributed by atoms with Crippen molar-refractivity contribution in [2.75, 3.05) is 16.6 Å². The van der Waals surface area contributed by atoms with Gasteiger partial charge in [-0.25, -0.2) is 8.42 Å². The fourth-order valence-electron chi connectivity index (χ4n) is 3.16. The maximum atomic E-state index is 13.0. The van der Waals surface area contributed by atoms with Gasteiger partial charge < -0.3 is 10.1 Å². The van der Waals surface area contributed by atoms with Crippen molar-refractivity contribution in [2.45, 2.75) is 37.5 Å². The van der Waals surface area contributed by atoms with Crippen LogP contribution >= 0.6 is 23.2 Å². The number of carbonyl (C=O) groups excluding carboxylic acids is 1. The molecule has 0 saturated heterocycles. The summed E-state index contributed by atoms with van der Waals surface area (Å²) in [5.41, 5.74) is 0.722. The first-order chi connectivity index (χ1) is 16.3. The summed E-state index contributed by atoms with van der Waals surface area (Å²) in [5.74, 6) is 0.207. The van der Waals surface area contributed by atoms with E-state index in [1.165, 1.54) is 55.3 Å². The third kappa shape index (κ3) is 7.38. The fourth-order valence-corrected chi connectivity index (χ4v) is 4.54. The van der Waals surface area contributed by atoms with Crippen LogP contribution in [0.1, 0.15) is 43.0 Å². The molecule has 6 nitrogen and oxygen atoms in total. The molecule has 0 bridgehead atoms. The van der Waals surface area contributed by atoms with Crippen molar-refractivity contribution >= 4 is 50.5 Å². The van der Waals surface area contributed by atoms with Gasteiger partial charge in [0.05, 0.1) is 22.8 Å². The highest BCUT2D eigenvalue weighted by atomic mass is 35.5. The lowest BCUT2D eigenvalue weighted by Crippen LogP contribution is -2.18. The van der Waals surface area contributed by atoms with Crippen LogP contribution in [0, 0.1) is 0 Å². The van der Waals surface area contributed by atoms with Crippen LogP contribution in [-0.2, 0) is 10.0 Å². The van der Waals surface area contributed by atoms with Crippen molar-refractivity contribution in [3.63, 3.8) is 0 Å². The summed E-state index contributed by atoms with van der Waals surface area (Å²) in [6.07, 6.45) is 4.49. The van der Waals surface area contributed by atoms with Gasteiger partial charge in [0.25, 0.3) is 15.9 Å². The van der Waals surface area contributed by atoms with Crippen LogP contribution in [0.15, 0.2) is 71.6 Å². The smallest absolute Gasteiger partial charge is 0.261 e. The molecule has 0 aliphatic heterocycles. The quantitative estimate of drug-likeness (QED) is 0.266. The summed E-state index contributed by atoms with van der Waals surface area (Å²) in [7, 11) is -3.94. The largest absolute Gasteiger partial charge is 0.494 e. The molecule has 3 aromatic rings. The van der Waals surface area contributed by atoms with Crippen molar-refractivity contribution in [1.82, 2.24) is 0 Å². The number of hydrogen-bond acceptors (Lipinski definition) is 4. The summed E-state index contributed by atoms with van der Waals surface area (Å²) in [4.78, 5) is 13.0. The van der Waals surface area contributed by atoms with Gasteiger partial charge in [0.1, 0.15) is 5.75 Å². The Balaban J connectivity index is 1.70. The van der Waals surface area contributed by atoms with E-state index >= 15 is 0 Å². The molecule has 0 aliphatic rings. The first-order valence-corrected chi connectivity index (χ1v) is 13.1. The Morgan fingerprint density at radius 3 is 2.24 bits per heavy atom. The Hall–Kier alpha value is -2.74. The van der Waals surface area contributed by atoms with Gasteiger partial charge in [0, 0.05) is 15.7 Å². The molecular weight excluding hydrogens is 495 g/mol. The molecule has 0 aromatic heterocycles. The van der Waals surface area contributed by atoms with Crippen LogP contribution in [-0.4, -0.2) is 20.9 Å². The predicted octanol–water partition coefficient (Wildman–Crippen LogP) is 7.01. The van der Waals surface area contributed by atoms with Gasteiger partial charge in [-0.2, -0.15) is 0 Å². The van der Waals surface area contributed by atoms with Gasteiger partial charge in [-0.05, 0) is 73.2 Å². The molecule has 0 atom stereocenters. The first-order valence-electron chi connectivity index (χ1n) is 10.9. The number of sulfonamides is 1. The van der Waals surface area contributed by atoms with Crippen molar-refractivity contribution in [3.8, 4) is 5.75 Å². The minimum Gasteiger partial charge on any atom is -0.494 e. The number of nitrogens with one attached hydrogen (secondary N) is 2. The average Bonchev–Trinajstić information content (AvgIpc) is 2.81. The van der Waals surface area contributed by atoms with Crippen LogP contribution in [0.5, 0.6) is 5.75 Å². The third-order valence-corrected chi connectivity index (χ3v) is 6.84. The summed E-state index contributed by atoms with van der Waals surface area (Å²) < 4.78 is 33.7. The molecule has 0 spiro atoms. The highest BCUT2D eigenvalue weighted by molar-refractivity contribution is 7.92. The van der Waals surface area contributed by atoms with E-state index < -0.39 is 15.9 Å². The van der Waals surface area contributed by atoms with Gasteiger partial charge in [-0.15, -0.1) is 0 Å². The summed E-state index contributed by atoms with van der Waals surface area (Å²) in [5, 5.41) is 3.48. The Labute approximate surface area is 210 Å². The van der Waals surface area contributed by atoms with Gasteiger partial charge in [-0.1, -0.05) is 49.4 Å². The van der Waals surface area contributed by atoms with E-state index in [-0.39, 0.29) is 16.1 Å².